The van der Waals surface area contributed by atoms with E-state index in [1.54, 1.807) is 6.07 Å². The molecule has 3 nitrogen and oxygen atoms in total. The number of rotatable bonds is 2. The molecule has 0 bridgehead atoms. The number of aryl methyl sites for hydroxylation is 1. The molecule has 0 saturated heterocycles. The largest absolute Gasteiger partial charge is 0.320 e. The summed E-state index contributed by atoms with van der Waals surface area (Å²) < 4.78 is 4.91. The Kier molecular flexibility index (Phi) is 3.36. The zero-order chi connectivity index (χ0) is 11.5. The number of halogens is 1. The molecular formula is C11H9BrN2OS. The Balaban J connectivity index is 2.17. The van der Waals surface area contributed by atoms with E-state index in [9.17, 15) is 4.79 Å². The van der Waals surface area contributed by atoms with E-state index < -0.39 is 0 Å². The number of hydrogen-bond donors (Lipinski definition) is 1. The minimum atomic E-state index is -0.184. The average molecular weight is 297 g/mol. The molecule has 0 saturated carbocycles. The number of amides is 1. The third-order valence-electron chi connectivity index (χ3n) is 1.98. The molecule has 0 unspecified atom stereocenters. The first-order valence-electron chi connectivity index (χ1n) is 4.66. The van der Waals surface area contributed by atoms with Gasteiger partial charge in [-0.3, -0.25) is 4.79 Å². The van der Waals surface area contributed by atoms with E-state index in [1.165, 1.54) is 11.5 Å². The predicted molar refractivity (Wildman–Crippen MR) is 68.9 cm³/mol. The fourth-order valence-corrected chi connectivity index (χ4v) is 2.15. The van der Waals surface area contributed by atoms with Gasteiger partial charge in [-0.25, -0.2) is 0 Å². The molecule has 1 aromatic carbocycles. The van der Waals surface area contributed by atoms with Gasteiger partial charge in [0.15, 0.2) is 0 Å². The highest BCUT2D eigenvalue weighted by Gasteiger charge is 2.10. The summed E-state index contributed by atoms with van der Waals surface area (Å²) in [5.41, 5.74) is 1.21. The van der Waals surface area contributed by atoms with Crippen LogP contribution in [0.3, 0.4) is 0 Å². The van der Waals surface area contributed by atoms with Gasteiger partial charge in [0.2, 0.25) is 0 Å². The van der Waals surface area contributed by atoms with Crippen molar-refractivity contribution in [1.29, 1.82) is 0 Å². The molecule has 0 fully saturated rings. The summed E-state index contributed by atoms with van der Waals surface area (Å²) in [6.45, 7) is 1.92. The lowest BCUT2D eigenvalue weighted by atomic mass is 10.3. The molecule has 1 aromatic heterocycles. The molecule has 82 valence electrons. The maximum absolute atomic E-state index is 11.8. The van der Waals surface area contributed by atoms with Crippen molar-refractivity contribution >= 4 is 39.1 Å². The Morgan fingerprint density at radius 3 is 2.81 bits per heavy atom. The number of aromatic nitrogens is 1. The standard InChI is InChI=1S/C11H9BrN2OS/c1-7-6-10(14-16-7)11(15)13-9-5-3-2-4-8(9)12/h2-6H,1H3,(H,13,15). The third kappa shape index (κ3) is 2.48. The van der Waals surface area contributed by atoms with Crippen molar-refractivity contribution < 1.29 is 4.79 Å². The lowest BCUT2D eigenvalue weighted by Gasteiger charge is -2.04. The minimum absolute atomic E-state index is 0.184. The number of nitrogens with zero attached hydrogens (tertiary/aromatic N) is 1. The predicted octanol–water partition coefficient (Wildman–Crippen LogP) is 3.47. The van der Waals surface area contributed by atoms with Gasteiger partial charge in [0.1, 0.15) is 5.69 Å². The Bertz CT molecular complexity index is 524. The summed E-state index contributed by atoms with van der Waals surface area (Å²) in [6.07, 6.45) is 0. The van der Waals surface area contributed by atoms with Crippen molar-refractivity contribution in [2.75, 3.05) is 5.32 Å². The quantitative estimate of drug-likeness (QED) is 0.922. The summed E-state index contributed by atoms with van der Waals surface area (Å²) in [5.74, 6) is -0.184. The van der Waals surface area contributed by atoms with Crippen LogP contribution in [0.4, 0.5) is 5.69 Å². The van der Waals surface area contributed by atoms with Gasteiger partial charge in [-0.05, 0) is 52.6 Å². The van der Waals surface area contributed by atoms with E-state index >= 15 is 0 Å². The summed E-state index contributed by atoms with van der Waals surface area (Å²) in [6, 6.07) is 9.25. The van der Waals surface area contributed by atoms with Gasteiger partial charge >= 0.3 is 0 Å². The maximum Gasteiger partial charge on any atom is 0.275 e. The van der Waals surface area contributed by atoms with Crippen LogP contribution in [0, 0.1) is 6.92 Å². The highest BCUT2D eigenvalue weighted by atomic mass is 79.9. The van der Waals surface area contributed by atoms with Gasteiger partial charge in [0, 0.05) is 9.35 Å². The molecule has 0 spiro atoms. The second-order valence-electron chi connectivity index (χ2n) is 3.26. The van der Waals surface area contributed by atoms with Crippen LogP contribution in [0.15, 0.2) is 34.8 Å². The molecule has 0 atom stereocenters. The van der Waals surface area contributed by atoms with Gasteiger partial charge in [-0.2, -0.15) is 4.37 Å². The smallest absolute Gasteiger partial charge is 0.275 e. The first-order chi connectivity index (χ1) is 7.66. The number of hydrogen-bond acceptors (Lipinski definition) is 3. The van der Waals surface area contributed by atoms with Gasteiger partial charge in [-0.15, -0.1) is 0 Å². The Hall–Kier alpha value is -1.20. The van der Waals surface area contributed by atoms with Crippen molar-refractivity contribution in [1.82, 2.24) is 4.37 Å². The molecule has 2 aromatic rings. The van der Waals surface area contributed by atoms with Crippen LogP contribution in [0.25, 0.3) is 0 Å². The molecule has 0 aliphatic heterocycles. The van der Waals surface area contributed by atoms with Crippen LogP contribution in [0.2, 0.25) is 0 Å². The lowest BCUT2D eigenvalue weighted by molar-refractivity contribution is 0.102. The number of carbonyl (C=O) groups is 1. The van der Waals surface area contributed by atoms with Crippen molar-refractivity contribution in [3.05, 3.63) is 45.4 Å². The van der Waals surface area contributed by atoms with Crippen LogP contribution in [0.5, 0.6) is 0 Å². The van der Waals surface area contributed by atoms with E-state index in [0.717, 1.165) is 15.0 Å². The summed E-state index contributed by atoms with van der Waals surface area (Å²) >= 11 is 4.69. The molecule has 5 heteroatoms. The fraction of sp³-hybridized carbons (Fsp3) is 0.0909. The number of nitrogens with one attached hydrogen (secondary N) is 1. The summed E-state index contributed by atoms with van der Waals surface area (Å²) in [5, 5.41) is 2.80. The Morgan fingerprint density at radius 2 is 2.19 bits per heavy atom. The van der Waals surface area contributed by atoms with Crippen LogP contribution in [-0.2, 0) is 0 Å². The minimum Gasteiger partial charge on any atom is -0.320 e. The van der Waals surface area contributed by atoms with Gasteiger partial charge < -0.3 is 5.32 Å². The van der Waals surface area contributed by atoms with Gasteiger partial charge in [-0.1, -0.05) is 12.1 Å². The fourth-order valence-electron chi connectivity index (χ4n) is 1.22. The molecular weight excluding hydrogens is 288 g/mol. The van der Waals surface area contributed by atoms with Gasteiger partial charge in [0.25, 0.3) is 5.91 Å². The third-order valence-corrected chi connectivity index (χ3v) is 3.37. The van der Waals surface area contributed by atoms with Crippen LogP contribution in [-0.4, -0.2) is 10.3 Å². The highest BCUT2D eigenvalue weighted by Crippen LogP contribution is 2.22. The number of benzene rings is 1. The number of anilines is 1. The van der Waals surface area contributed by atoms with E-state index in [4.69, 9.17) is 0 Å². The number of para-hydroxylation sites is 1. The van der Waals surface area contributed by atoms with Crippen molar-refractivity contribution in [2.24, 2.45) is 0 Å². The second kappa shape index (κ2) is 4.76. The Labute approximate surface area is 106 Å². The topological polar surface area (TPSA) is 42.0 Å². The molecule has 16 heavy (non-hydrogen) atoms. The summed E-state index contributed by atoms with van der Waals surface area (Å²) in [7, 11) is 0. The number of carbonyl (C=O) groups excluding carboxylic acids is 1. The molecule has 0 aliphatic rings. The van der Waals surface area contributed by atoms with Crippen LogP contribution >= 0.6 is 27.5 Å². The van der Waals surface area contributed by atoms with E-state index in [1.807, 2.05) is 31.2 Å². The molecule has 2 rings (SSSR count). The zero-order valence-corrected chi connectivity index (χ0v) is 10.9. The second-order valence-corrected chi connectivity index (χ2v) is 5.12. The Morgan fingerprint density at radius 1 is 1.44 bits per heavy atom. The normalized spacial score (nSPS) is 10.1. The molecule has 0 aliphatic carbocycles. The molecule has 1 N–H and O–H groups in total. The first kappa shape index (κ1) is 11.3. The van der Waals surface area contributed by atoms with Crippen molar-refractivity contribution in [3.8, 4) is 0 Å². The van der Waals surface area contributed by atoms with E-state index in [2.05, 4.69) is 25.6 Å². The van der Waals surface area contributed by atoms with Gasteiger partial charge in [0.05, 0.1) is 5.69 Å². The average Bonchev–Trinajstić information content (AvgIpc) is 2.68. The van der Waals surface area contributed by atoms with Crippen molar-refractivity contribution in [2.45, 2.75) is 6.92 Å². The summed E-state index contributed by atoms with van der Waals surface area (Å²) in [4.78, 5) is 12.8. The maximum atomic E-state index is 11.8. The molecule has 1 heterocycles. The molecule has 1 amide bonds. The van der Waals surface area contributed by atoms with Crippen LogP contribution in [0.1, 0.15) is 15.4 Å². The van der Waals surface area contributed by atoms with E-state index in [0.29, 0.717) is 5.69 Å². The highest BCUT2D eigenvalue weighted by molar-refractivity contribution is 9.10. The SMILES string of the molecule is Cc1cc(C(=O)Nc2ccccc2Br)ns1. The first-order valence-corrected chi connectivity index (χ1v) is 6.22. The monoisotopic (exact) mass is 296 g/mol. The molecule has 0 radical (unpaired) electrons. The van der Waals surface area contributed by atoms with Crippen molar-refractivity contribution in [3.63, 3.8) is 0 Å². The zero-order valence-electron chi connectivity index (χ0n) is 8.53. The lowest BCUT2D eigenvalue weighted by Crippen LogP contribution is -2.12. The van der Waals surface area contributed by atoms with Crippen LogP contribution < -0.4 is 5.32 Å². The van der Waals surface area contributed by atoms with E-state index in [-0.39, 0.29) is 5.91 Å².